The largest absolute Gasteiger partial charge is 0.508 e. The molecule has 88 valence electrons. The Morgan fingerprint density at radius 3 is 2.50 bits per heavy atom. The van der Waals surface area contributed by atoms with Crippen LogP contribution in [0.3, 0.4) is 0 Å². The zero-order valence-electron chi connectivity index (χ0n) is 9.73. The topological polar surface area (TPSA) is 72.5 Å². The quantitative estimate of drug-likeness (QED) is 0.763. The van der Waals surface area contributed by atoms with Crippen LogP contribution in [0.2, 0.25) is 0 Å². The minimum Gasteiger partial charge on any atom is -0.508 e. The predicted molar refractivity (Wildman–Crippen MR) is 60.8 cm³/mol. The molecular formula is C12H17NO3. The fourth-order valence-corrected chi connectivity index (χ4v) is 1.53. The van der Waals surface area contributed by atoms with E-state index in [1.54, 1.807) is 38.1 Å². The average molecular weight is 223 g/mol. The summed E-state index contributed by atoms with van der Waals surface area (Å²) in [6.45, 7) is 3.38. The number of hydrogen-bond acceptors (Lipinski definition) is 4. The summed E-state index contributed by atoms with van der Waals surface area (Å²) in [5.41, 5.74) is 5.65. The zero-order valence-corrected chi connectivity index (χ0v) is 9.73. The molecule has 0 aliphatic heterocycles. The van der Waals surface area contributed by atoms with Gasteiger partial charge in [0.1, 0.15) is 5.75 Å². The molecule has 3 N–H and O–H groups in total. The summed E-state index contributed by atoms with van der Waals surface area (Å²) >= 11 is 0. The van der Waals surface area contributed by atoms with E-state index in [1.807, 2.05) is 0 Å². The average Bonchev–Trinajstić information content (AvgIpc) is 2.27. The molecule has 0 unspecified atom stereocenters. The third-order valence-corrected chi connectivity index (χ3v) is 2.76. The van der Waals surface area contributed by atoms with Crippen molar-refractivity contribution in [1.29, 1.82) is 0 Å². The fourth-order valence-electron chi connectivity index (χ4n) is 1.53. The molecule has 1 aromatic rings. The van der Waals surface area contributed by atoms with Gasteiger partial charge in [-0.25, -0.2) is 0 Å². The number of ether oxygens (including phenoxy) is 1. The summed E-state index contributed by atoms with van der Waals surface area (Å²) in [6.07, 6.45) is 0. The van der Waals surface area contributed by atoms with Gasteiger partial charge in [0, 0.05) is 11.6 Å². The van der Waals surface area contributed by atoms with Gasteiger partial charge in [-0.2, -0.15) is 0 Å². The number of esters is 1. The van der Waals surface area contributed by atoms with Gasteiger partial charge in [-0.05, 0) is 19.9 Å². The number of rotatable bonds is 3. The Hall–Kier alpha value is -1.55. The Morgan fingerprint density at radius 1 is 1.44 bits per heavy atom. The van der Waals surface area contributed by atoms with Crippen LogP contribution in [0, 0.1) is 5.41 Å². The lowest BCUT2D eigenvalue weighted by atomic mass is 9.81. The van der Waals surface area contributed by atoms with Gasteiger partial charge in [-0.3, -0.25) is 4.79 Å². The summed E-state index contributed by atoms with van der Waals surface area (Å²) < 4.78 is 4.70. The van der Waals surface area contributed by atoms with Crippen molar-refractivity contribution in [2.45, 2.75) is 19.9 Å². The molecule has 1 atom stereocenters. The minimum absolute atomic E-state index is 0.0898. The number of hydrogen-bond donors (Lipinski definition) is 2. The van der Waals surface area contributed by atoms with Gasteiger partial charge < -0.3 is 15.6 Å². The molecule has 0 saturated heterocycles. The Bertz CT molecular complexity index is 388. The van der Waals surface area contributed by atoms with Crippen molar-refractivity contribution in [2.75, 3.05) is 7.11 Å². The minimum atomic E-state index is -0.881. The van der Waals surface area contributed by atoms with Gasteiger partial charge in [0.2, 0.25) is 0 Å². The van der Waals surface area contributed by atoms with Gasteiger partial charge in [0.05, 0.1) is 12.5 Å². The molecule has 0 fully saturated rings. The molecule has 0 aliphatic carbocycles. The van der Waals surface area contributed by atoms with Gasteiger partial charge in [0.25, 0.3) is 0 Å². The van der Waals surface area contributed by atoms with Gasteiger partial charge in [0.15, 0.2) is 0 Å². The molecule has 0 saturated carbocycles. The van der Waals surface area contributed by atoms with Crippen LogP contribution in [0.1, 0.15) is 25.5 Å². The van der Waals surface area contributed by atoms with Crippen LogP contribution in [0.25, 0.3) is 0 Å². The number of methoxy groups -OCH3 is 1. The fraction of sp³-hybridized carbons (Fsp3) is 0.417. The molecular weight excluding hydrogens is 206 g/mol. The molecule has 4 nitrogen and oxygen atoms in total. The first-order valence-electron chi connectivity index (χ1n) is 5.03. The Labute approximate surface area is 95.0 Å². The van der Waals surface area contributed by atoms with Crippen molar-refractivity contribution in [3.8, 4) is 5.75 Å². The first-order chi connectivity index (χ1) is 7.41. The van der Waals surface area contributed by atoms with Crippen molar-refractivity contribution in [1.82, 2.24) is 0 Å². The van der Waals surface area contributed by atoms with Crippen LogP contribution in [0.4, 0.5) is 0 Å². The zero-order chi connectivity index (χ0) is 12.3. The lowest BCUT2D eigenvalue weighted by molar-refractivity contribution is -0.152. The van der Waals surface area contributed by atoms with Gasteiger partial charge in [-0.15, -0.1) is 0 Å². The van der Waals surface area contributed by atoms with Crippen molar-refractivity contribution >= 4 is 5.97 Å². The lowest BCUT2D eigenvalue weighted by Gasteiger charge is -2.29. The Kier molecular flexibility index (Phi) is 3.55. The highest BCUT2D eigenvalue weighted by Crippen LogP contribution is 2.36. The van der Waals surface area contributed by atoms with Crippen LogP contribution in [0.15, 0.2) is 24.3 Å². The number of carbonyl (C=O) groups excluding carboxylic acids is 1. The monoisotopic (exact) mass is 223 g/mol. The van der Waals surface area contributed by atoms with E-state index in [0.717, 1.165) is 0 Å². The van der Waals surface area contributed by atoms with E-state index < -0.39 is 17.4 Å². The SMILES string of the molecule is COC(=O)C(C)(C)[C@H](N)c1ccccc1O. The van der Waals surface area contributed by atoms with Gasteiger partial charge in [-0.1, -0.05) is 18.2 Å². The van der Waals surface area contributed by atoms with Crippen molar-refractivity contribution in [2.24, 2.45) is 11.1 Å². The molecule has 16 heavy (non-hydrogen) atoms. The molecule has 1 aromatic carbocycles. The highest BCUT2D eigenvalue weighted by Gasteiger charge is 2.37. The maximum absolute atomic E-state index is 11.6. The third-order valence-electron chi connectivity index (χ3n) is 2.76. The van der Waals surface area contributed by atoms with Crippen LogP contribution < -0.4 is 5.73 Å². The first kappa shape index (κ1) is 12.5. The number of aromatic hydroxyl groups is 1. The molecule has 0 aliphatic rings. The van der Waals surface area contributed by atoms with Crippen LogP contribution >= 0.6 is 0 Å². The van der Waals surface area contributed by atoms with Crippen molar-refractivity contribution in [3.63, 3.8) is 0 Å². The smallest absolute Gasteiger partial charge is 0.313 e. The summed E-state index contributed by atoms with van der Waals surface area (Å²) in [6, 6.07) is 6.10. The summed E-state index contributed by atoms with van der Waals surface area (Å²) in [7, 11) is 1.32. The highest BCUT2D eigenvalue weighted by molar-refractivity contribution is 5.77. The number of phenols is 1. The molecule has 1 rings (SSSR count). The highest BCUT2D eigenvalue weighted by atomic mass is 16.5. The second-order valence-corrected chi connectivity index (χ2v) is 4.25. The Morgan fingerprint density at radius 2 is 2.00 bits per heavy atom. The van der Waals surface area contributed by atoms with E-state index in [2.05, 4.69) is 0 Å². The van der Waals surface area contributed by atoms with E-state index in [0.29, 0.717) is 5.56 Å². The van der Waals surface area contributed by atoms with E-state index in [9.17, 15) is 9.90 Å². The molecule has 0 radical (unpaired) electrons. The summed E-state index contributed by atoms with van der Waals surface area (Å²) in [4.78, 5) is 11.6. The van der Waals surface area contributed by atoms with Crippen LogP contribution in [0.5, 0.6) is 5.75 Å². The van der Waals surface area contributed by atoms with Crippen molar-refractivity contribution in [3.05, 3.63) is 29.8 Å². The number of para-hydroxylation sites is 1. The van der Waals surface area contributed by atoms with Crippen LogP contribution in [-0.4, -0.2) is 18.2 Å². The summed E-state index contributed by atoms with van der Waals surface area (Å²) in [5, 5.41) is 9.67. The Balaban J connectivity index is 3.07. The van der Waals surface area contributed by atoms with Crippen molar-refractivity contribution < 1.29 is 14.6 Å². The maximum Gasteiger partial charge on any atom is 0.313 e. The second kappa shape index (κ2) is 4.53. The molecule has 0 amide bonds. The number of phenolic OH excluding ortho intramolecular Hbond substituents is 1. The van der Waals surface area contributed by atoms with Crippen LogP contribution in [-0.2, 0) is 9.53 Å². The number of nitrogens with two attached hydrogens (primary N) is 1. The molecule has 0 heterocycles. The number of benzene rings is 1. The van der Waals surface area contributed by atoms with E-state index in [4.69, 9.17) is 10.5 Å². The second-order valence-electron chi connectivity index (χ2n) is 4.25. The van der Waals surface area contributed by atoms with E-state index >= 15 is 0 Å². The van der Waals surface area contributed by atoms with E-state index in [1.165, 1.54) is 7.11 Å². The van der Waals surface area contributed by atoms with Gasteiger partial charge >= 0.3 is 5.97 Å². The lowest BCUT2D eigenvalue weighted by Crippen LogP contribution is -2.37. The predicted octanol–water partition coefficient (Wildman–Crippen LogP) is 1.59. The maximum atomic E-state index is 11.6. The standard InChI is InChI=1S/C12H17NO3/c1-12(2,11(15)16-3)10(13)8-6-4-5-7-9(8)14/h4-7,10,14H,13H2,1-3H3/t10-/m1/s1. The third kappa shape index (κ3) is 2.17. The molecule has 0 bridgehead atoms. The summed E-state index contributed by atoms with van der Waals surface area (Å²) in [5.74, 6) is -0.310. The number of carbonyl (C=O) groups is 1. The molecule has 4 heteroatoms. The van der Waals surface area contributed by atoms with E-state index in [-0.39, 0.29) is 5.75 Å². The molecule has 0 aromatic heterocycles. The first-order valence-corrected chi connectivity index (χ1v) is 5.03. The normalized spacial score (nSPS) is 13.2. The molecule has 0 spiro atoms.